The average Bonchev–Trinajstić information content (AvgIpc) is 3.30. The van der Waals surface area contributed by atoms with E-state index in [4.69, 9.17) is 4.42 Å². The Morgan fingerprint density at radius 2 is 1.84 bits per heavy atom. The SMILES string of the molecule is Cc1ccc(CN(Cc2ccc(F)cc2)C(=O)CN(C(=O)Cc2cccs2)C2CC2)o1. The zero-order chi connectivity index (χ0) is 21.8. The van der Waals surface area contributed by atoms with Crippen molar-refractivity contribution in [2.24, 2.45) is 0 Å². The van der Waals surface area contributed by atoms with Gasteiger partial charge in [-0.2, -0.15) is 0 Å². The van der Waals surface area contributed by atoms with Gasteiger partial charge < -0.3 is 14.2 Å². The van der Waals surface area contributed by atoms with Crippen LogP contribution in [0.4, 0.5) is 4.39 Å². The molecule has 31 heavy (non-hydrogen) atoms. The van der Waals surface area contributed by atoms with E-state index in [-0.39, 0.29) is 30.2 Å². The number of furan rings is 1. The van der Waals surface area contributed by atoms with Gasteiger partial charge in [0.15, 0.2) is 0 Å². The summed E-state index contributed by atoms with van der Waals surface area (Å²) in [7, 11) is 0. The van der Waals surface area contributed by atoms with Crippen LogP contribution in [0.5, 0.6) is 0 Å². The van der Waals surface area contributed by atoms with Gasteiger partial charge in [0.2, 0.25) is 11.8 Å². The van der Waals surface area contributed by atoms with Crippen LogP contribution in [-0.4, -0.2) is 34.2 Å². The predicted octanol–water partition coefficient (Wildman–Crippen LogP) is 4.55. The van der Waals surface area contributed by atoms with Crippen molar-refractivity contribution in [3.05, 3.63) is 81.7 Å². The van der Waals surface area contributed by atoms with Gasteiger partial charge in [-0.05, 0) is 61.0 Å². The fraction of sp³-hybridized carbons (Fsp3) is 0.333. The van der Waals surface area contributed by atoms with Crippen LogP contribution in [0, 0.1) is 12.7 Å². The second-order valence-electron chi connectivity index (χ2n) is 7.90. The fourth-order valence-corrected chi connectivity index (χ4v) is 4.21. The minimum absolute atomic E-state index is 0.0196. The molecule has 0 saturated heterocycles. The number of aryl methyl sites for hydroxylation is 1. The molecule has 4 rings (SSSR count). The quantitative estimate of drug-likeness (QED) is 0.491. The van der Waals surface area contributed by atoms with E-state index in [0.717, 1.165) is 29.0 Å². The number of nitrogens with zero attached hydrogens (tertiary/aromatic N) is 2. The molecule has 0 radical (unpaired) electrons. The Morgan fingerprint density at radius 3 is 2.45 bits per heavy atom. The van der Waals surface area contributed by atoms with E-state index >= 15 is 0 Å². The van der Waals surface area contributed by atoms with Crippen LogP contribution in [0.15, 0.2) is 58.3 Å². The molecule has 2 amide bonds. The normalized spacial score (nSPS) is 13.2. The summed E-state index contributed by atoms with van der Waals surface area (Å²) in [4.78, 5) is 30.6. The molecule has 1 aliphatic rings. The van der Waals surface area contributed by atoms with Gasteiger partial charge in [0.05, 0.1) is 13.0 Å². The van der Waals surface area contributed by atoms with Crippen LogP contribution < -0.4 is 0 Å². The van der Waals surface area contributed by atoms with Crippen LogP contribution in [-0.2, 0) is 29.1 Å². The molecule has 1 aliphatic carbocycles. The van der Waals surface area contributed by atoms with Crippen molar-refractivity contribution in [3.63, 3.8) is 0 Å². The van der Waals surface area contributed by atoms with Gasteiger partial charge in [-0.3, -0.25) is 9.59 Å². The summed E-state index contributed by atoms with van der Waals surface area (Å²) in [5.41, 5.74) is 0.820. The van der Waals surface area contributed by atoms with Crippen LogP contribution in [0.2, 0.25) is 0 Å². The van der Waals surface area contributed by atoms with Gasteiger partial charge in [0.1, 0.15) is 23.9 Å². The summed E-state index contributed by atoms with van der Waals surface area (Å²) in [5, 5.41) is 1.95. The number of carbonyl (C=O) groups excluding carboxylic acids is 2. The Hall–Kier alpha value is -2.93. The lowest BCUT2D eigenvalue weighted by atomic mass is 10.2. The fourth-order valence-electron chi connectivity index (χ4n) is 3.52. The van der Waals surface area contributed by atoms with E-state index in [1.54, 1.807) is 33.3 Å². The highest BCUT2D eigenvalue weighted by molar-refractivity contribution is 7.10. The Morgan fingerprint density at radius 1 is 1.06 bits per heavy atom. The van der Waals surface area contributed by atoms with Gasteiger partial charge in [0, 0.05) is 17.5 Å². The molecular formula is C24H25FN2O3S. The Labute approximate surface area is 185 Å². The number of thiophene rings is 1. The molecule has 0 atom stereocenters. The van der Waals surface area contributed by atoms with E-state index in [1.165, 1.54) is 12.1 Å². The average molecular weight is 441 g/mol. The third-order valence-corrected chi connectivity index (χ3v) is 6.18. The molecule has 162 valence electrons. The maximum absolute atomic E-state index is 13.3. The van der Waals surface area contributed by atoms with E-state index in [2.05, 4.69) is 0 Å². The smallest absolute Gasteiger partial charge is 0.242 e. The number of rotatable bonds is 9. The van der Waals surface area contributed by atoms with Crippen molar-refractivity contribution in [2.45, 2.75) is 45.3 Å². The molecule has 1 fully saturated rings. The lowest BCUT2D eigenvalue weighted by Crippen LogP contribution is -2.44. The van der Waals surface area contributed by atoms with Crippen LogP contribution in [0.25, 0.3) is 0 Å². The highest BCUT2D eigenvalue weighted by Crippen LogP contribution is 2.28. The first-order valence-corrected chi connectivity index (χ1v) is 11.3. The van der Waals surface area contributed by atoms with Crippen molar-refractivity contribution in [1.29, 1.82) is 0 Å². The third kappa shape index (κ3) is 5.82. The van der Waals surface area contributed by atoms with Crippen molar-refractivity contribution < 1.29 is 18.4 Å². The minimum atomic E-state index is -0.317. The summed E-state index contributed by atoms with van der Waals surface area (Å²) >= 11 is 1.55. The maximum atomic E-state index is 13.3. The molecule has 7 heteroatoms. The number of hydrogen-bond acceptors (Lipinski definition) is 4. The first-order valence-electron chi connectivity index (χ1n) is 10.4. The summed E-state index contributed by atoms with van der Waals surface area (Å²) in [6.07, 6.45) is 2.17. The zero-order valence-electron chi connectivity index (χ0n) is 17.4. The summed E-state index contributed by atoms with van der Waals surface area (Å²) in [6, 6.07) is 13.8. The molecule has 1 aromatic carbocycles. The van der Waals surface area contributed by atoms with E-state index in [1.807, 2.05) is 36.6 Å². The van der Waals surface area contributed by atoms with Gasteiger partial charge in [-0.25, -0.2) is 4.39 Å². The van der Waals surface area contributed by atoms with Crippen molar-refractivity contribution in [1.82, 2.24) is 9.80 Å². The standard InChI is InChI=1S/C24H25FN2O3S/c1-17-4-11-21(30-17)15-26(14-18-5-7-19(25)8-6-18)24(29)16-27(20-9-10-20)23(28)13-22-3-2-12-31-22/h2-8,11-12,20H,9-10,13-16H2,1H3. The van der Waals surface area contributed by atoms with Gasteiger partial charge in [0.25, 0.3) is 0 Å². The number of benzene rings is 1. The highest BCUT2D eigenvalue weighted by Gasteiger charge is 2.35. The molecule has 3 aromatic rings. The number of hydrogen-bond donors (Lipinski definition) is 0. The molecule has 2 aromatic heterocycles. The van der Waals surface area contributed by atoms with Crippen molar-refractivity contribution in [3.8, 4) is 0 Å². The summed E-state index contributed by atoms with van der Waals surface area (Å²) in [5.74, 6) is 0.965. The number of amides is 2. The molecule has 0 spiro atoms. The lowest BCUT2D eigenvalue weighted by Gasteiger charge is -2.27. The van der Waals surface area contributed by atoms with Crippen molar-refractivity contribution in [2.75, 3.05) is 6.54 Å². The van der Waals surface area contributed by atoms with Gasteiger partial charge in [-0.15, -0.1) is 11.3 Å². The van der Waals surface area contributed by atoms with Gasteiger partial charge >= 0.3 is 0 Å². The van der Waals surface area contributed by atoms with E-state index in [9.17, 15) is 14.0 Å². The number of carbonyl (C=O) groups is 2. The molecule has 5 nitrogen and oxygen atoms in total. The largest absolute Gasteiger partial charge is 0.464 e. The predicted molar refractivity (Wildman–Crippen MR) is 117 cm³/mol. The number of halogens is 1. The molecular weight excluding hydrogens is 415 g/mol. The zero-order valence-corrected chi connectivity index (χ0v) is 18.2. The summed E-state index contributed by atoms with van der Waals surface area (Å²) in [6.45, 7) is 2.50. The minimum Gasteiger partial charge on any atom is -0.464 e. The first-order chi connectivity index (χ1) is 15.0. The highest BCUT2D eigenvalue weighted by atomic mass is 32.1. The monoisotopic (exact) mass is 440 g/mol. The third-order valence-electron chi connectivity index (χ3n) is 5.30. The molecule has 0 N–H and O–H groups in total. The summed E-state index contributed by atoms with van der Waals surface area (Å²) < 4.78 is 19.0. The molecule has 0 aliphatic heterocycles. The van der Waals surface area contributed by atoms with Crippen LogP contribution in [0.3, 0.4) is 0 Å². The molecule has 1 saturated carbocycles. The lowest BCUT2D eigenvalue weighted by molar-refractivity contribution is -0.141. The Bertz CT molecular complexity index is 1030. The van der Waals surface area contributed by atoms with Crippen LogP contribution >= 0.6 is 11.3 Å². The first kappa shape index (κ1) is 21.3. The maximum Gasteiger partial charge on any atom is 0.242 e. The molecule has 2 heterocycles. The molecule has 0 bridgehead atoms. The Kier molecular flexibility index (Phi) is 6.51. The Balaban J connectivity index is 1.48. The second-order valence-corrected chi connectivity index (χ2v) is 8.93. The van der Waals surface area contributed by atoms with Crippen LogP contribution in [0.1, 0.15) is 34.8 Å². The van der Waals surface area contributed by atoms with E-state index < -0.39 is 0 Å². The van der Waals surface area contributed by atoms with E-state index in [0.29, 0.717) is 25.3 Å². The van der Waals surface area contributed by atoms with Gasteiger partial charge in [-0.1, -0.05) is 18.2 Å². The molecule has 0 unspecified atom stereocenters. The topological polar surface area (TPSA) is 53.8 Å². The second kappa shape index (κ2) is 9.47. The van der Waals surface area contributed by atoms with Crippen molar-refractivity contribution >= 4 is 23.2 Å².